The first-order chi connectivity index (χ1) is 17.7. The van der Waals surface area contributed by atoms with Crippen LogP contribution in [0.2, 0.25) is 0 Å². The first-order valence-corrected chi connectivity index (χ1v) is 13.2. The third-order valence-electron chi connectivity index (χ3n) is 8.63. The normalized spacial score (nSPS) is 27.9. The number of morpholine rings is 1. The van der Waals surface area contributed by atoms with Crippen molar-refractivity contribution in [1.82, 2.24) is 15.2 Å². The van der Waals surface area contributed by atoms with Crippen LogP contribution >= 0.6 is 0 Å². The van der Waals surface area contributed by atoms with Gasteiger partial charge in [0, 0.05) is 74.3 Å². The third kappa shape index (κ3) is 3.64. The summed E-state index contributed by atoms with van der Waals surface area (Å²) >= 11 is 0. The zero-order chi connectivity index (χ0) is 24.2. The molecule has 0 spiro atoms. The van der Waals surface area contributed by atoms with Gasteiger partial charge in [-0.25, -0.2) is 0 Å². The third-order valence-corrected chi connectivity index (χ3v) is 8.63. The number of nitriles is 1. The van der Waals surface area contributed by atoms with Crippen LogP contribution in [0.25, 0.3) is 10.9 Å². The second-order valence-corrected chi connectivity index (χ2v) is 10.8. The molecule has 2 aromatic carbocycles. The van der Waals surface area contributed by atoms with Gasteiger partial charge in [-0.1, -0.05) is 6.07 Å². The molecule has 0 amide bonds. The van der Waals surface area contributed by atoms with Crippen LogP contribution in [0.1, 0.15) is 23.6 Å². The van der Waals surface area contributed by atoms with Gasteiger partial charge >= 0.3 is 0 Å². The van der Waals surface area contributed by atoms with Gasteiger partial charge in [-0.05, 0) is 60.9 Å². The number of nitrogens with zero attached hydrogens (tertiary/aromatic N) is 5. The van der Waals surface area contributed by atoms with Crippen LogP contribution in [0.3, 0.4) is 0 Å². The molecular weight excluding hydrogens is 448 g/mol. The van der Waals surface area contributed by atoms with Crippen LogP contribution in [0, 0.1) is 11.3 Å². The van der Waals surface area contributed by atoms with Gasteiger partial charge in [-0.15, -0.1) is 0 Å². The maximum Gasteiger partial charge on any atom is 0.101 e. The number of aromatic nitrogens is 1. The van der Waals surface area contributed by atoms with E-state index in [1.54, 1.807) is 6.20 Å². The van der Waals surface area contributed by atoms with Gasteiger partial charge < -0.3 is 19.9 Å². The Morgan fingerprint density at radius 2 is 2.00 bits per heavy atom. The molecule has 0 unspecified atom stereocenters. The fraction of sp³-hybridized carbons (Fsp3) is 0.448. The number of pyridine rings is 1. The van der Waals surface area contributed by atoms with Crippen LogP contribution in [-0.2, 0) is 17.7 Å². The molecule has 3 saturated heterocycles. The van der Waals surface area contributed by atoms with E-state index in [4.69, 9.17) is 4.74 Å². The topological polar surface area (TPSA) is 67.7 Å². The molecule has 0 saturated carbocycles. The van der Waals surface area contributed by atoms with Crippen molar-refractivity contribution in [2.24, 2.45) is 0 Å². The Hall–Kier alpha value is -3.18. The number of fused-ring (bicyclic) bond motifs is 4. The summed E-state index contributed by atoms with van der Waals surface area (Å²) in [6, 6.07) is 18.9. The minimum absolute atomic E-state index is 0.301. The average Bonchev–Trinajstić information content (AvgIpc) is 3.35. The van der Waals surface area contributed by atoms with Gasteiger partial charge in [-0.3, -0.25) is 9.88 Å². The Labute approximate surface area is 212 Å². The monoisotopic (exact) mass is 480 g/mol. The summed E-state index contributed by atoms with van der Waals surface area (Å²) in [5, 5.41) is 14.3. The number of nitrogens with one attached hydrogen (secondary N) is 1. The van der Waals surface area contributed by atoms with Gasteiger partial charge in [0.25, 0.3) is 0 Å². The summed E-state index contributed by atoms with van der Waals surface area (Å²) in [6.45, 7) is 9.08. The van der Waals surface area contributed by atoms with E-state index in [1.807, 2.05) is 12.1 Å². The van der Waals surface area contributed by atoms with Crippen molar-refractivity contribution in [3.63, 3.8) is 0 Å². The molecule has 4 atom stereocenters. The van der Waals surface area contributed by atoms with Gasteiger partial charge in [0.1, 0.15) is 6.07 Å². The lowest BCUT2D eigenvalue weighted by molar-refractivity contribution is 0.0212. The maximum absolute atomic E-state index is 9.56. The Morgan fingerprint density at radius 3 is 2.89 bits per heavy atom. The fourth-order valence-electron chi connectivity index (χ4n) is 6.81. The molecule has 7 rings (SSSR count). The second-order valence-electron chi connectivity index (χ2n) is 10.8. The van der Waals surface area contributed by atoms with Crippen molar-refractivity contribution in [2.45, 2.75) is 44.1 Å². The largest absolute Gasteiger partial charge is 0.373 e. The molecule has 7 heteroatoms. The highest BCUT2D eigenvalue weighted by Gasteiger charge is 2.38. The van der Waals surface area contributed by atoms with E-state index < -0.39 is 0 Å². The summed E-state index contributed by atoms with van der Waals surface area (Å²) in [4.78, 5) is 12.2. The molecule has 4 aliphatic heterocycles. The lowest BCUT2D eigenvalue weighted by atomic mass is 9.89. The van der Waals surface area contributed by atoms with Crippen molar-refractivity contribution in [1.29, 1.82) is 5.26 Å². The smallest absolute Gasteiger partial charge is 0.101 e. The molecule has 0 aliphatic carbocycles. The molecule has 3 aromatic rings. The van der Waals surface area contributed by atoms with Crippen LogP contribution in [0.4, 0.5) is 11.4 Å². The predicted octanol–water partition coefficient (Wildman–Crippen LogP) is 2.92. The molecular formula is C29H32N6O. The van der Waals surface area contributed by atoms with Crippen molar-refractivity contribution < 1.29 is 4.74 Å². The molecule has 0 bridgehead atoms. The van der Waals surface area contributed by atoms with Gasteiger partial charge in [0.05, 0.1) is 29.8 Å². The Morgan fingerprint density at radius 1 is 1.06 bits per heavy atom. The van der Waals surface area contributed by atoms with Crippen molar-refractivity contribution in [3.05, 3.63) is 65.4 Å². The van der Waals surface area contributed by atoms with Crippen molar-refractivity contribution in [3.8, 4) is 6.07 Å². The molecule has 1 aromatic heterocycles. The van der Waals surface area contributed by atoms with E-state index in [0.29, 0.717) is 29.8 Å². The second kappa shape index (κ2) is 8.74. The molecule has 5 heterocycles. The van der Waals surface area contributed by atoms with E-state index in [9.17, 15) is 5.26 Å². The van der Waals surface area contributed by atoms with Crippen molar-refractivity contribution in [2.75, 3.05) is 49.1 Å². The lowest BCUT2D eigenvalue weighted by Crippen LogP contribution is -2.59. The fourth-order valence-corrected chi connectivity index (χ4v) is 6.81. The number of ether oxygens (including phenoxy) is 1. The number of piperazine rings is 1. The summed E-state index contributed by atoms with van der Waals surface area (Å²) in [5.74, 6) is 0. The first-order valence-electron chi connectivity index (χ1n) is 13.2. The molecule has 184 valence electrons. The summed E-state index contributed by atoms with van der Waals surface area (Å²) in [7, 11) is 0. The highest BCUT2D eigenvalue weighted by molar-refractivity contribution is 5.95. The summed E-state index contributed by atoms with van der Waals surface area (Å²) in [6.07, 6.45) is 3.14. The van der Waals surface area contributed by atoms with E-state index in [0.717, 1.165) is 63.2 Å². The van der Waals surface area contributed by atoms with Crippen LogP contribution in [0.5, 0.6) is 0 Å². The molecule has 0 radical (unpaired) electrons. The van der Waals surface area contributed by atoms with E-state index in [-0.39, 0.29) is 0 Å². The SMILES string of the molecule is C[C@@H]1CN(c2ccc(C#N)c3ncccc23)C[C@@H]2Cc3cc(N4C[C@H]5NCCO[C@@H]5C4)ccc3CN21. The summed E-state index contributed by atoms with van der Waals surface area (Å²) in [5.41, 5.74) is 6.91. The van der Waals surface area contributed by atoms with Crippen LogP contribution in [0.15, 0.2) is 48.7 Å². The first kappa shape index (κ1) is 22.1. The van der Waals surface area contributed by atoms with Crippen LogP contribution < -0.4 is 15.1 Å². The maximum atomic E-state index is 9.56. The Kier molecular flexibility index (Phi) is 5.35. The van der Waals surface area contributed by atoms with Crippen molar-refractivity contribution >= 4 is 22.3 Å². The highest BCUT2D eigenvalue weighted by atomic mass is 16.5. The molecule has 7 nitrogen and oxygen atoms in total. The number of hydrogen-bond acceptors (Lipinski definition) is 7. The van der Waals surface area contributed by atoms with Gasteiger partial charge in [-0.2, -0.15) is 5.26 Å². The molecule has 36 heavy (non-hydrogen) atoms. The molecule has 4 aliphatic rings. The molecule has 1 N–H and O–H groups in total. The number of anilines is 2. The minimum atomic E-state index is 0.301. The van der Waals surface area contributed by atoms with Gasteiger partial charge in [0.2, 0.25) is 0 Å². The Balaban J connectivity index is 1.15. The Bertz CT molecular complexity index is 1340. The quantitative estimate of drug-likeness (QED) is 0.605. The zero-order valence-electron chi connectivity index (χ0n) is 20.7. The van der Waals surface area contributed by atoms with E-state index >= 15 is 0 Å². The highest BCUT2D eigenvalue weighted by Crippen LogP contribution is 2.36. The number of hydrogen-bond donors (Lipinski definition) is 1. The summed E-state index contributed by atoms with van der Waals surface area (Å²) < 4.78 is 6.01. The molecule has 3 fully saturated rings. The standard InChI is InChI=1S/C29H32N6O/c1-19-14-34(27-7-5-20(13-30)29-25(27)3-2-8-32-29)16-24-12-22-11-23(6-4-21(22)15-35(19)24)33-17-26-28(18-33)36-10-9-31-26/h2-8,11,19,24,26,28,31H,9-10,12,14-18H2,1H3/t19-,24+,26-,28-/m1/s1. The van der Waals surface area contributed by atoms with E-state index in [2.05, 4.69) is 68.3 Å². The zero-order valence-corrected chi connectivity index (χ0v) is 20.7. The minimum Gasteiger partial charge on any atom is -0.373 e. The van der Waals surface area contributed by atoms with E-state index in [1.165, 1.54) is 22.5 Å². The predicted molar refractivity (Wildman–Crippen MR) is 141 cm³/mol. The van der Waals surface area contributed by atoms with Crippen LogP contribution in [-0.4, -0.2) is 73.4 Å². The number of benzene rings is 2. The lowest BCUT2D eigenvalue weighted by Gasteiger charge is -2.49. The number of rotatable bonds is 2. The average molecular weight is 481 g/mol. The van der Waals surface area contributed by atoms with Gasteiger partial charge in [0.15, 0.2) is 0 Å².